The van der Waals surface area contributed by atoms with Gasteiger partial charge in [0.25, 0.3) is 0 Å². The normalized spacial score (nSPS) is 16.0. The molecule has 0 saturated heterocycles. The van der Waals surface area contributed by atoms with Crippen molar-refractivity contribution in [1.82, 2.24) is 9.78 Å². The highest BCUT2D eigenvalue weighted by Gasteiger charge is 2.10. The Labute approximate surface area is 76.8 Å². The van der Waals surface area contributed by atoms with Gasteiger partial charge in [0, 0.05) is 23.4 Å². The van der Waals surface area contributed by atoms with Crippen LogP contribution in [0.3, 0.4) is 0 Å². The number of aromatic nitrogens is 2. The summed E-state index contributed by atoms with van der Waals surface area (Å²) in [6.45, 7) is 3.80. The first kappa shape index (κ1) is 9.61. The largest absolute Gasteiger partial charge is 0.392 e. The number of aryl methyl sites for hydroxylation is 1. The molecular formula is C8H14N2OS. The highest BCUT2D eigenvalue weighted by atomic mass is 32.2. The molecular weight excluding hydrogens is 172 g/mol. The Balaban J connectivity index is 2.52. The van der Waals surface area contributed by atoms with Crippen molar-refractivity contribution in [2.24, 2.45) is 7.05 Å². The standard InChI is InChI=1S/C8H14N2OS/c1-6(11)7(2)12-8-4-9-10(3)5-8/h4-7,11H,1-3H3. The van der Waals surface area contributed by atoms with Gasteiger partial charge in [0.2, 0.25) is 0 Å². The average molecular weight is 186 g/mol. The molecule has 1 aromatic rings. The molecule has 1 heterocycles. The first-order valence-corrected chi connectivity index (χ1v) is 4.81. The van der Waals surface area contributed by atoms with Crippen molar-refractivity contribution >= 4 is 11.8 Å². The number of aliphatic hydroxyl groups excluding tert-OH is 1. The highest BCUT2D eigenvalue weighted by molar-refractivity contribution is 8.00. The molecule has 0 radical (unpaired) electrons. The van der Waals surface area contributed by atoms with E-state index in [9.17, 15) is 5.11 Å². The first-order chi connectivity index (χ1) is 5.59. The Morgan fingerprint density at radius 3 is 2.67 bits per heavy atom. The Hall–Kier alpha value is -0.480. The lowest BCUT2D eigenvalue weighted by atomic mass is 10.3. The second kappa shape index (κ2) is 3.96. The SMILES string of the molecule is CC(O)C(C)Sc1cnn(C)c1. The minimum absolute atomic E-state index is 0.217. The van der Waals surface area contributed by atoms with Crippen LogP contribution < -0.4 is 0 Å². The molecule has 2 atom stereocenters. The molecule has 0 aliphatic carbocycles. The van der Waals surface area contributed by atoms with Crippen molar-refractivity contribution in [3.8, 4) is 0 Å². The lowest BCUT2D eigenvalue weighted by Crippen LogP contribution is -2.14. The molecule has 0 aliphatic rings. The average Bonchev–Trinajstić information content (AvgIpc) is 2.35. The molecule has 4 heteroatoms. The van der Waals surface area contributed by atoms with E-state index in [0.29, 0.717) is 0 Å². The molecule has 0 aromatic carbocycles. The molecule has 0 fully saturated rings. The van der Waals surface area contributed by atoms with Crippen molar-refractivity contribution in [3.05, 3.63) is 12.4 Å². The van der Waals surface area contributed by atoms with Crippen molar-refractivity contribution in [1.29, 1.82) is 0 Å². The number of aliphatic hydroxyl groups is 1. The summed E-state index contributed by atoms with van der Waals surface area (Å²) in [7, 11) is 1.89. The van der Waals surface area contributed by atoms with E-state index in [0.717, 1.165) is 4.90 Å². The molecule has 0 amide bonds. The minimum Gasteiger partial charge on any atom is -0.392 e. The number of thioether (sulfide) groups is 1. The monoisotopic (exact) mass is 186 g/mol. The Kier molecular flexibility index (Phi) is 3.17. The molecule has 0 spiro atoms. The maximum absolute atomic E-state index is 9.24. The lowest BCUT2D eigenvalue weighted by Gasteiger charge is -2.11. The second-order valence-electron chi connectivity index (χ2n) is 2.91. The van der Waals surface area contributed by atoms with Gasteiger partial charge in [0.15, 0.2) is 0 Å². The summed E-state index contributed by atoms with van der Waals surface area (Å²) in [4.78, 5) is 1.10. The summed E-state index contributed by atoms with van der Waals surface area (Å²) in [6.07, 6.45) is 3.47. The highest BCUT2D eigenvalue weighted by Crippen LogP contribution is 2.23. The van der Waals surface area contributed by atoms with Crippen LogP contribution in [0.2, 0.25) is 0 Å². The topological polar surface area (TPSA) is 38.1 Å². The van der Waals surface area contributed by atoms with Gasteiger partial charge in [-0.05, 0) is 6.92 Å². The van der Waals surface area contributed by atoms with E-state index in [2.05, 4.69) is 5.10 Å². The van der Waals surface area contributed by atoms with Crippen LogP contribution in [0.15, 0.2) is 17.3 Å². The van der Waals surface area contributed by atoms with E-state index in [4.69, 9.17) is 0 Å². The van der Waals surface area contributed by atoms with E-state index in [-0.39, 0.29) is 11.4 Å². The van der Waals surface area contributed by atoms with Crippen LogP contribution in [0, 0.1) is 0 Å². The maximum Gasteiger partial charge on any atom is 0.0631 e. The van der Waals surface area contributed by atoms with Crippen molar-refractivity contribution in [2.75, 3.05) is 0 Å². The lowest BCUT2D eigenvalue weighted by molar-refractivity contribution is 0.196. The van der Waals surface area contributed by atoms with Gasteiger partial charge in [-0.25, -0.2) is 0 Å². The van der Waals surface area contributed by atoms with E-state index < -0.39 is 0 Å². The third kappa shape index (κ3) is 2.53. The Bertz CT molecular complexity index is 247. The summed E-state index contributed by atoms with van der Waals surface area (Å²) in [6, 6.07) is 0. The Morgan fingerprint density at radius 2 is 2.25 bits per heavy atom. The van der Waals surface area contributed by atoms with E-state index >= 15 is 0 Å². The van der Waals surface area contributed by atoms with Crippen molar-refractivity contribution < 1.29 is 5.11 Å². The van der Waals surface area contributed by atoms with Crippen molar-refractivity contribution in [2.45, 2.75) is 30.1 Å². The summed E-state index contributed by atoms with van der Waals surface area (Å²) < 4.78 is 1.76. The molecule has 1 aromatic heterocycles. The van der Waals surface area contributed by atoms with Gasteiger partial charge in [-0.15, -0.1) is 11.8 Å². The molecule has 0 bridgehead atoms. The van der Waals surface area contributed by atoms with Gasteiger partial charge in [-0.1, -0.05) is 6.92 Å². The third-order valence-electron chi connectivity index (χ3n) is 1.68. The summed E-state index contributed by atoms with van der Waals surface area (Å²) in [5.74, 6) is 0. The van der Waals surface area contributed by atoms with Crippen LogP contribution in [0.1, 0.15) is 13.8 Å². The number of hydrogen-bond donors (Lipinski definition) is 1. The number of nitrogens with zero attached hydrogens (tertiary/aromatic N) is 2. The summed E-state index contributed by atoms with van der Waals surface area (Å²) in [5.41, 5.74) is 0. The quantitative estimate of drug-likeness (QED) is 0.723. The van der Waals surface area contributed by atoms with Gasteiger partial charge >= 0.3 is 0 Å². The fourth-order valence-corrected chi connectivity index (χ4v) is 1.72. The predicted molar refractivity (Wildman–Crippen MR) is 50.2 cm³/mol. The zero-order chi connectivity index (χ0) is 9.14. The molecule has 2 unspecified atom stereocenters. The van der Waals surface area contributed by atoms with Gasteiger partial charge in [0.05, 0.1) is 12.3 Å². The van der Waals surface area contributed by atoms with Crippen LogP contribution in [-0.4, -0.2) is 26.2 Å². The van der Waals surface area contributed by atoms with Crippen molar-refractivity contribution in [3.63, 3.8) is 0 Å². The fraction of sp³-hybridized carbons (Fsp3) is 0.625. The minimum atomic E-state index is -0.282. The summed E-state index contributed by atoms with van der Waals surface area (Å²) >= 11 is 1.64. The molecule has 0 aliphatic heterocycles. The van der Waals surface area contributed by atoms with Crippen LogP contribution in [0.5, 0.6) is 0 Å². The van der Waals surface area contributed by atoms with Crippen LogP contribution >= 0.6 is 11.8 Å². The predicted octanol–water partition coefficient (Wildman–Crippen LogP) is 1.28. The molecule has 0 saturated carbocycles. The first-order valence-electron chi connectivity index (χ1n) is 3.93. The van der Waals surface area contributed by atoms with E-state index in [1.54, 1.807) is 23.4 Å². The van der Waals surface area contributed by atoms with Gasteiger partial charge in [-0.2, -0.15) is 5.10 Å². The maximum atomic E-state index is 9.24. The van der Waals surface area contributed by atoms with Gasteiger partial charge in [-0.3, -0.25) is 4.68 Å². The third-order valence-corrected chi connectivity index (χ3v) is 2.93. The summed E-state index contributed by atoms with van der Waals surface area (Å²) in [5, 5.41) is 13.5. The van der Waals surface area contributed by atoms with Gasteiger partial charge in [0.1, 0.15) is 0 Å². The fourth-order valence-electron chi connectivity index (χ4n) is 0.773. The molecule has 1 N–H and O–H groups in total. The van der Waals surface area contributed by atoms with Crippen LogP contribution in [0.4, 0.5) is 0 Å². The number of hydrogen-bond acceptors (Lipinski definition) is 3. The van der Waals surface area contributed by atoms with E-state index in [1.165, 1.54) is 0 Å². The Morgan fingerprint density at radius 1 is 1.58 bits per heavy atom. The molecule has 68 valence electrons. The molecule has 3 nitrogen and oxygen atoms in total. The number of rotatable bonds is 3. The van der Waals surface area contributed by atoms with Crippen LogP contribution in [-0.2, 0) is 7.05 Å². The zero-order valence-corrected chi connectivity index (χ0v) is 8.38. The smallest absolute Gasteiger partial charge is 0.0631 e. The van der Waals surface area contributed by atoms with Crippen LogP contribution in [0.25, 0.3) is 0 Å². The zero-order valence-electron chi connectivity index (χ0n) is 7.56. The van der Waals surface area contributed by atoms with E-state index in [1.807, 2.05) is 26.4 Å². The molecule has 1 rings (SSSR count). The molecule has 12 heavy (non-hydrogen) atoms. The second-order valence-corrected chi connectivity index (χ2v) is 4.36. The van der Waals surface area contributed by atoms with Gasteiger partial charge < -0.3 is 5.11 Å².